The van der Waals surface area contributed by atoms with Gasteiger partial charge in [-0.15, -0.1) is 0 Å². The third-order valence-corrected chi connectivity index (χ3v) is 6.87. The van der Waals surface area contributed by atoms with Gasteiger partial charge in [-0.2, -0.15) is 0 Å². The fourth-order valence-electron chi connectivity index (χ4n) is 3.83. The zero-order valence-electron chi connectivity index (χ0n) is 18.2. The zero-order chi connectivity index (χ0) is 21.3. The molecule has 6 heteroatoms. The van der Waals surface area contributed by atoms with Crippen LogP contribution in [0.1, 0.15) is 32.6 Å². The number of anilines is 1. The number of hydrogen-bond donors (Lipinski definition) is 0. The van der Waals surface area contributed by atoms with E-state index in [2.05, 4.69) is 43.9 Å². The largest absolute Gasteiger partial charge is 0.379 e. The maximum absolute atomic E-state index is 13.6. The van der Waals surface area contributed by atoms with Gasteiger partial charge in [0.1, 0.15) is 0 Å². The molecule has 3 aromatic rings. The molecule has 0 radical (unpaired) electrons. The Kier molecular flexibility index (Phi) is 6.18. The summed E-state index contributed by atoms with van der Waals surface area (Å²) >= 11 is 1.60. The van der Waals surface area contributed by atoms with Crippen molar-refractivity contribution in [3.63, 3.8) is 0 Å². The molecule has 2 aromatic carbocycles. The van der Waals surface area contributed by atoms with Crippen LogP contribution in [0, 0.1) is 27.7 Å². The van der Waals surface area contributed by atoms with Gasteiger partial charge in [-0.3, -0.25) is 14.6 Å². The summed E-state index contributed by atoms with van der Waals surface area (Å²) in [5.41, 5.74) is 6.34. The van der Waals surface area contributed by atoms with Gasteiger partial charge >= 0.3 is 0 Å². The van der Waals surface area contributed by atoms with E-state index >= 15 is 0 Å². The van der Waals surface area contributed by atoms with Crippen molar-refractivity contribution < 1.29 is 9.53 Å². The van der Waals surface area contributed by atoms with Crippen LogP contribution in [-0.4, -0.2) is 55.2 Å². The van der Waals surface area contributed by atoms with Crippen LogP contribution < -0.4 is 4.90 Å². The molecule has 1 fully saturated rings. The SMILES string of the molecule is Cc1ccc(C(=O)N(CCN2CCOCC2)c2nc3cc(C)c(C)cc3s2)c(C)c1. The standard InChI is InChI=1S/C24H29N3O2S/c1-16-5-6-20(19(4)13-16)23(28)27(8-7-26-9-11-29-12-10-26)24-25-21-14-17(2)18(3)15-22(21)30-24/h5-6,13-15H,7-12H2,1-4H3. The Morgan fingerprint density at radius 2 is 1.80 bits per heavy atom. The lowest BCUT2D eigenvalue weighted by Gasteiger charge is -2.29. The molecule has 1 aliphatic heterocycles. The third-order valence-electron chi connectivity index (χ3n) is 5.82. The Labute approximate surface area is 182 Å². The number of aryl methyl sites for hydroxylation is 4. The Hall–Kier alpha value is -2.28. The molecule has 0 aliphatic carbocycles. The normalized spacial score (nSPS) is 14.9. The lowest BCUT2D eigenvalue weighted by Crippen LogP contribution is -2.43. The lowest BCUT2D eigenvalue weighted by molar-refractivity contribution is 0.0391. The summed E-state index contributed by atoms with van der Waals surface area (Å²) in [5.74, 6) is 0.0215. The molecular formula is C24H29N3O2S. The highest BCUT2D eigenvalue weighted by Gasteiger charge is 2.24. The average molecular weight is 424 g/mol. The summed E-state index contributed by atoms with van der Waals surface area (Å²) in [5, 5.41) is 0.772. The van der Waals surface area contributed by atoms with Crippen LogP contribution in [-0.2, 0) is 4.74 Å². The van der Waals surface area contributed by atoms with E-state index in [0.717, 1.165) is 64.9 Å². The maximum atomic E-state index is 13.6. The molecule has 0 atom stereocenters. The molecule has 1 aliphatic rings. The summed E-state index contributed by atoms with van der Waals surface area (Å²) in [4.78, 5) is 22.7. The number of ether oxygens (including phenoxy) is 1. The minimum Gasteiger partial charge on any atom is -0.379 e. The molecule has 158 valence electrons. The van der Waals surface area contributed by atoms with Gasteiger partial charge in [0.2, 0.25) is 0 Å². The molecule has 1 amide bonds. The summed E-state index contributed by atoms with van der Waals surface area (Å²) in [6, 6.07) is 10.3. The number of hydrogen-bond acceptors (Lipinski definition) is 5. The van der Waals surface area contributed by atoms with Crippen molar-refractivity contribution >= 4 is 32.6 Å². The molecule has 0 saturated carbocycles. The molecular weight excluding hydrogens is 394 g/mol. The van der Waals surface area contributed by atoms with Crippen molar-refractivity contribution in [2.75, 3.05) is 44.3 Å². The lowest BCUT2D eigenvalue weighted by atomic mass is 10.0. The Morgan fingerprint density at radius 3 is 2.53 bits per heavy atom. The second kappa shape index (κ2) is 8.84. The van der Waals surface area contributed by atoms with E-state index in [9.17, 15) is 4.79 Å². The van der Waals surface area contributed by atoms with E-state index in [1.807, 2.05) is 24.0 Å². The molecule has 5 nitrogen and oxygen atoms in total. The van der Waals surface area contributed by atoms with Gasteiger partial charge in [0.05, 0.1) is 23.4 Å². The molecule has 4 rings (SSSR count). The highest BCUT2D eigenvalue weighted by molar-refractivity contribution is 7.22. The molecule has 0 spiro atoms. The minimum atomic E-state index is 0.0215. The number of benzene rings is 2. The van der Waals surface area contributed by atoms with Crippen LogP contribution in [0.2, 0.25) is 0 Å². The predicted molar refractivity (Wildman–Crippen MR) is 124 cm³/mol. The third kappa shape index (κ3) is 4.41. The van der Waals surface area contributed by atoms with Crippen molar-refractivity contribution in [3.05, 3.63) is 58.1 Å². The van der Waals surface area contributed by atoms with Crippen molar-refractivity contribution in [1.82, 2.24) is 9.88 Å². The number of amides is 1. The number of carbonyl (C=O) groups is 1. The van der Waals surface area contributed by atoms with Gasteiger partial charge < -0.3 is 4.74 Å². The van der Waals surface area contributed by atoms with E-state index in [-0.39, 0.29) is 5.91 Å². The number of aromatic nitrogens is 1. The van der Waals surface area contributed by atoms with Crippen molar-refractivity contribution in [2.24, 2.45) is 0 Å². The van der Waals surface area contributed by atoms with E-state index in [1.54, 1.807) is 11.3 Å². The fourth-order valence-corrected chi connectivity index (χ4v) is 4.90. The zero-order valence-corrected chi connectivity index (χ0v) is 19.0. The van der Waals surface area contributed by atoms with Gasteiger partial charge in [0.15, 0.2) is 5.13 Å². The van der Waals surface area contributed by atoms with Crippen LogP contribution >= 0.6 is 11.3 Å². The summed E-state index contributed by atoms with van der Waals surface area (Å²) in [6.07, 6.45) is 0. The molecule has 1 aromatic heterocycles. The van der Waals surface area contributed by atoms with E-state index in [1.165, 1.54) is 11.1 Å². The van der Waals surface area contributed by atoms with Gasteiger partial charge in [0.25, 0.3) is 5.91 Å². The smallest absolute Gasteiger partial charge is 0.260 e. The molecule has 0 N–H and O–H groups in total. The highest BCUT2D eigenvalue weighted by Crippen LogP contribution is 2.32. The van der Waals surface area contributed by atoms with E-state index in [4.69, 9.17) is 9.72 Å². The molecule has 30 heavy (non-hydrogen) atoms. The maximum Gasteiger partial charge on any atom is 0.260 e. The number of morpholine rings is 1. The summed E-state index contributed by atoms with van der Waals surface area (Å²) < 4.78 is 6.59. The molecule has 0 unspecified atom stereocenters. The van der Waals surface area contributed by atoms with Gasteiger partial charge in [-0.1, -0.05) is 29.0 Å². The first kappa shape index (κ1) is 21.0. The monoisotopic (exact) mass is 423 g/mol. The first-order valence-corrected chi connectivity index (χ1v) is 11.3. The van der Waals surface area contributed by atoms with Crippen LogP contribution in [0.4, 0.5) is 5.13 Å². The molecule has 0 bridgehead atoms. The topological polar surface area (TPSA) is 45.7 Å². The predicted octanol–water partition coefficient (Wildman–Crippen LogP) is 4.51. The second-order valence-electron chi connectivity index (χ2n) is 8.13. The highest BCUT2D eigenvalue weighted by atomic mass is 32.1. The van der Waals surface area contributed by atoms with Crippen molar-refractivity contribution in [3.8, 4) is 0 Å². The number of thiazole rings is 1. The average Bonchev–Trinajstić information content (AvgIpc) is 3.11. The summed E-state index contributed by atoms with van der Waals surface area (Å²) in [6.45, 7) is 13.0. The van der Waals surface area contributed by atoms with E-state index < -0.39 is 0 Å². The quantitative estimate of drug-likeness (QED) is 0.606. The van der Waals surface area contributed by atoms with Crippen LogP contribution in [0.25, 0.3) is 10.2 Å². The minimum absolute atomic E-state index is 0.0215. The second-order valence-corrected chi connectivity index (χ2v) is 9.14. The van der Waals surface area contributed by atoms with Crippen molar-refractivity contribution in [1.29, 1.82) is 0 Å². The van der Waals surface area contributed by atoms with Crippen LogP contribution in [0.5, 0.6) is 0 Å². The number of nitrogens with zero attached hydrogens (tertiary/aromatic N) is 3. The van der Waals surface area contributed by atoms with E-state index in [0.29, 0.717) is 6.54 Å². The van der Waals surface area contributed by atoms with Gasteiger partial charge in [-0.05, 0) is 62.6 Å². The number of carbonyl (C=O) groups excluding carboxylic acids is 1. The van der Waals surface area contributed by atoms with Gasteiger partial charge in [0, 0.05) is 31.7 Å². The molecule has 2 heterocycles. The Morgan fingerprint density at radius 1 is 1.07 bits per heavy atom. The number of rotatable bonds is 5. The first-order chi connectivity index (χ1) is 14.4. The first-order valence-electron chi connectivity index (χ1n) is 10.5. The Bertz CT molecular complexity index is 1030. The van der Waals surface area contributed by atoms with Crippen LogP contribution in [0.3, 0.4) is 0 Å². The Balaban J connectivity index is 1.68. The van der Waals surface area contributed by atoms with Gasteiger partial charge in [-0.25, -0.2) is 4.98 Å². The molecule has 1 saturated heterocycles. The fraction of sp³-hybridized carbons (Fsp3) is 0.417. The summed E-state index contributed by atoms with van der Waals surface area (Å²) in [7, 11) is 0. The van der Waals surface area contributed by atoms with Crippen molar-refractivity contribution in [2.45, 2.75) is 27.7 Å². The van der Waals surface area contributed by atoms with Crippen LogP contribution in [0.15, 0.2) is 30.3 Å². The number of fused-ring (bicyclic) bond motifs is 1.